The van der Waals surface area contributed by atoms with Gasteiger partial charge in [-0.1, -0.05) is 6.42 Å². The number of rotatable bonds is 5. The van der Waals surface area contributed by atoms with Crippen molar-refractivity contribution >= 4 is 11.6 Å². The Labute approximate surface area is 217 Å². The minimum absolute atomic E-state index is 0.0450. The van der Waals surface area contributed by atoms with E-state index in [-0.39, 0.29) is 49.3 Å². The number of pyridine rings is 2. The third-order valence-electron chi connectivity index (χ3n) is 7.42. The molecule has 0 unspecified atom stereocenters. The lowest BCUT2D eigenvalue weighted by molar-refractivity contribution is -0.0117. The Hall–Kier alpha value is -3.37. The van der Waals surface area contributed by atoms with Gasteiger partial charge in [0.2, 0.25) is 0 Å². The number of ether oxygens (including phenoxy) is 1. The van der Waals surface area contributed by atoms with E-state index in [4.69, 9.17) is 10.5 Å². The summed E-state index contributed by atoms with van der Waals surface area (Å²) in [7, 11) is 0. The number of benzene rings is 1. The fourth-order valence-electron chi connectivity index (χ4n) is 5.35. The first-order valence-corrected chi connectivity index (χ1v) is 12.7. The van der Waals surface area contributed by atoms with Gasteiger partial charge in [0.25, 0.3) is 5.91 Å². The second-order valence-electron chi connectivity index (χ2n) is 9.96. The van der Waals surface area contributed by atoms with Crippen molar-refractivity contribution in [2.45, 2.75) is 56.2 Å². The number of alkyl halides is 1. The molecule has 0 spiro atoms. The van der Waals surface area contributed by atoms with E-state index < -0.39 is 40.3 Å². The second-order valence-corrected chi connectivity index (χ2v) is 9.96. The van der Waals surface area contributed by atoms with Gasteiger partial charge in [-0.15, -0.1) is 0 Å². The molecule has 1 saturated carbocycles. The number of carbonyl (C=O) groups excluding carboxylic acids is 1. The molecule has 2 atom stereocenters. The number of amides is 1. The fraction of sp³-hybridized carbons (Fsp3) is 0.393. The summed E-state index contributed by atoms with van der Waals surface area (Å²) in [5, 5.41) is 2.75. The van der Waals surface area contributed by atoms with Crippen molar-refractivity contribution in [2.75, 3.05) is 18.5 Å². The van der Waals surface area contributed by atoms with Gasteiger partial charge in [0.15, 0.2) is 0 Å². The fourth-order valence-corrected chi connectivity index (χ4v) is 5.35. The maximum atomic E-state index is 15.3. The molecule has 2 fully saturated rings. The molecule has 1 aliphatic heterocycles. The van der Waals surface area contributed by atoms with Crippen molar-refractivity contribution < 1.29 is 27.1 Å². The zero-order valence-corrected chi connectivity index (χ0v) is 20.7. The van der Waals surface area contributed by atoms with Gasteiger partial charge in [-0.05, 0) is 66.6 Å². The van der Waals surface area contributed by atoms with E-state index in [0.29, 0.717) is 5.69 Å². The molecule has 1 amide bonds. The molecule has 2 aliphatic rings. The molecule has 0 radical (unpaired) electrons. The predicted molar refractivity (Wildman–Crippen MR) is 134 cm³/mol. The van der Waals surface area contributed by atoms with Gasteiger partial charge in [-0.3, -0.25) is 9.78 Å². The van der Waals surface area contributed by atoms with E-state index in [2.05, 4.69) is 15.3 Å². The summed E-state index contributed by atoms with van der Waals surface area (Å²) in [4.78, 5) is 21.1. The number of hydrogen-bond donors (Lipinski definition) is 2. The Bertz CT molecular complexity index is 1320. The summed E-state index contributed by atoms with van der Waals surface area (Å²) < 4.78 is 65.4. The van der Waals surface area contributed by atoms with Crippen molar-refractivity contribution in [2.24, 2.45) is 5.73 Å². The lowest BCUT2D eigenvalue weighted by Crippen LogP contribution is -2.29. The van der Waals surface area contributed by atoms with Crippen LogP contribution in [0.25, 0.3) is 11.3 Å². The first-order valence-electron chi connectivity index (χ1n) is 12.7. The average Bonchev–Trinajstić information content (AvgIpc) is 2.90. The summed E-state index contributed by atoms with van der Waals surface area (Å²) in [5.74, 6) is -3.91. The lowest BCUT2D eigenvalue weighted by Gasteiger charge is -2.30. The summed E-state index contributed by atoms with van der Waals surface area (Å²) in [5.41, 5.74) is 3.67. The highest BCUT2D eigenvalue weighted by Gasteiger charge is 2.36. The number of anilines is 1. The molecule has 3 N–H and O–H groups in total. The van der Waals surface area contributed by atoms with Gasteiger partial charge in [0.1, 0.15) is 34.5 Å². The molecule has 1 aromatic carbocycles. The Morgan fingerprint density at radius 1 is 1.05 bits per heavy atom. The van der Waals surface area contributed by atoms with Gasteiger partial charge in [0.05, 0.1) is 17.4 Å². The maximum Gasteiger partial charge on any atom is 0.274 e. The van der Waals surface area contributed by atoms with Crippen LogP contribution < -0.4 is 11.1 Å². The first kappa shape index (κ1) is 26.2. The molecular weight excluding hydrogens is 500 g/mol. The van der Waals surface area contributed by atoms with Crippen molar-refractivity contribution in [3.63, 3.8) is 0 Å². The summed E-state index contributed by atoms with van der Waals surface area (Å²) in [6.45, 7) is 0.252. The molecule has 6 nitrogen and oxygen atoms in total. The highest BCUT2D eigenvalue weighted by atomic mass is 19.1. The molecule has 10 heteroatoms. The van der Waals surface area contributed by atoms with Crippen molar-refractivity contribution in [1.29, 1.82) is 0 Å². The standard InChI is InChI=1S/C28H28F4N4O2/c29-20-4-5-23(27(37)36-24-15-34-9-6-19(24)16-2-1-3-18(33)12-16)35-26(20)25-21(30)13-17(14-22(25)31)28(32)7-10-38-11-8-28/h4-6,9,13-16,18H,1-3,7-8,10-12,33H2,(H,36,37)/t16-,18+/m1/s1. The minimum atomic E-state index is -1.95. The summed E-state index contributed by atoms with van der Waals surface area (Å²) in [6.07, 6.45) is 6.66. The van der Waals surface area contributed by atoms with E-state index in [9.17, 15) is 9.18 Å². The van der Waals surface area contributed by atoms with Crippen LogP contribution in [-0.4, -0.2) is 35.1 Å². The molecular formula is C28H28F4N4O2. The smallest absolute Gasteiger partial charge is 0.274 e. The summed E-state index contributed by atoms with van der Waals surface area (Å²) >= 11 is 0. The van der Waals surface area contributed by atoms with Crippen LogP contribution in [0.3, 0.4) is 0 Å². The molecule has 5 rings (SSSR count). The van der Waals surface area contributed by atoms with Crippen molar-refractivity contribution in [3.05, 3.63) is 77.0 Å². The zero-order valence-electron chi connectivity index (χ0n) is 20.7. The number of hydrogen-bond acceptors (Lipinski definition) is 5. The van der Waals surface area contributed by atoms with E-state index in [0.717, 1.165) is 55.5 Å². The van der Waals surface area contributed by atoms with Crippen LogP contribution in [0.2, 0.25) is 0 Å². The quantitative estimate of drug-likeness (QED) is 0.410. The third kappa shape index (κ3) is 5.28. The normalized spacial score (nSPS) is 21.2. The van der Waals surface area contributed by atoms with Gasteiger partial charge >= 0.3 is 0 Å². The van der Waals surface area contributed by atoms with Crippen molar-refractivity contribution in [3.8, 4) is 11.3 Å². The van der Waals surface area contributed by atoms with E-state index in [1.807, 2.05) is 6.07 Å². The SMILES string of the molecule is N[C@H]1CCC[C@@H](c2ccncc2NC(=O)c2ccc(F)c(-c3c(F)cc(C4(F)CCOCC4)cc3F)n2)C1. The van der Waals surface area contributed by atoms with Crippen LogP contribution in [0, 0.1) is 17.5 Å². The molecule has 200 valence electrons. The Kier molecular flexibility index (Phi) is 7.45. The molecule has 1 saturated heterocycles. The lowest BCUT2D eigenvalue weighted by atomic mass is 9.81. The Morgan fingerprint density at radius 3 is 2.50 bits per heavy atom. The predicted octanol–water partition coefficient (Wildman–Crippen LogP) is 5.77. The minimum Gasteiger partial charge on any atom is -0.381 e. The molecule has 2 aromatic heterocycles. The summed E-state index contributed by atoms with van der Waals surface area (Å²) in [6, 6.07) is 5.65. The number of halogens is 4. The monoisotopic (exact) mass is 528 g/mol. The van der Waals surface area contributed by atoms with Crippen LogP contribution in [0.5, 0.6) is 0 Å². The molecule has 3 heterocycles. The first-order chi connectivity index (χ1) is 18.2. The average molecular weight is 529 g/mol. The number of nitrogens with one attached hydrogen (secondary N) is 1. The Morgan fingerprint density at radius 2 is 1.79 bits per heavy atom. The van der Waals surface area contributed by atoms with Crippen LogP contribution >= 0.6 is 0 Å². The maximum absolute atomic E-state index is 15.3. The second kappa shape index (κ2) is 10.8. The molecule has 0 bridgehead atoms. The van der Waals surface area contributed by atoms with Crippen molar-refractivity contribution in [1.82, 2.24) is 9.97 Å². The zero-order chi connectivity index (χ0) is 26.9. The van der Waals surface area contributed by atoms with Gasteiger partial charge in [0, 0.05) is 38.3 Å². The highest BCUT2D eigenvalue weighted by Crippen LogP contribution is 2.39. The number of nitrogens with two attached hydrogens (primary N) is 1. The molecule has 1 aliphatic carbocycles. The van der Waals surface area contributed by atoms with E-state index in [1.54, 1.807) is 6.20 Å². The highest BCUT2D eigenvalue weighted by molar-refractivity contribution is 6.03. The Balaban J connectivity index is 1.43. The largest absolute Gasteiger partial charge is 0.381 e. The van der Waals surface area contributed by atoms with Crippen LogP contribution in [0.4, 0.5) is 23.2 Å². The van der Waals surface area contributed by atoms with E-state index >= 15 is 13.2 Å². The number of carbonyl (C=O) groups is 1. The number of aromatic nitrogens is 2. The van der Waals surface area contributed by atoms with E-state index in [1.165, 1.54) is 6.20 Å². The van der Waals surface area contributed by atoms with Crippen LogP contribution in [0.1, 0.15) is 66.1 Å². The molecule has 3 aromatic rings. The molecule has 38 heavy (non-hydrogen) atoms. The van der Waals surface area contributed by atoms with Crippen LogP contribution in [-0.2, 0) is 10.4 Å². The topological polar surface area (TPSA) is 90.1 Å². The van der Waals surface area contributed by atoms with Crippen LogP contribution in [0.15, 0.2) is 42.7 Å². The van der Waals surface area contributed by atoms with Gasteiger partial charge in [-0.25, -0.2) is 22.5 Å². The van der Waals surface area contributed by atoms with Gasteiger partial charge in [-0.2, -0.15) is 0 Å². The third-order valence-corrected chi connectivity index (χ3v) is 7.42. The van der Waals surface area contributed by atoms with Gasteiger partial charge < -0.3 is 15.8 Å². The number of nitrogens with zero attached hydrogens (tertiary/aromatic N) is 2.